The molecular weight excluding hydrogens is 290 g/mol. The van der Waals surface area contributed by atoms with E-state index in [9.17, 15) is 15.3 Å². The van der Waals surface area contributed by atoms with Crippen molar-refractivity contribution in [1.82, 2.24) is 0 Å². The van der Waals surface area contributed by atoms with Gasteiger partial charge in [-0.25, -0.2) is 0 Å². The Morgan fingerprint density at radius 1 is 1.19 bits per heavy atom. The molecule has 0 aromatic carbocycles. The van der Waals surface area contributed by atoms with Crippen molar-refractivity contribution in [2.24, 2.45) is 11.1 Å². The van der Waals surface area contributed by atoms with Gasteiger partial charge in [-0.05, 0) is 11.8 Å². The maximum atomic E-state index is 10.2. The highest BCUT2D eigenvalue weighted by atomic mass is 32.2. The molecule has 0 spiro atoms. The number of thioether (sulfide) groups is 1. The smallest absolute Gasteiger partial charge is 0.132 e. The van der Waals surface area contributed by atoms with Crippen molar-refractivity contribution in [3.63, 3.8) is 0 Å². The van der Waals surface area contributed by atoms with Crippen LogP contribution in [-0.4, -0.2) is 57.0 Å². The number of hydrogen-bond donors (Lipinski definition) is 4. The van der Waals surface area contributed by atoms with Gasteiger partial charge in [0.15, 0.2) is 0 Å². The minimum atomic E-state index is -1.28. The molecule has 5 N–H and O–H groups in total. The molecule has 5 nitrogen and oxygen atoms in total. The summed E-state index contributed by atoms with van der Waals surface area (Å²) in [6.07, 6.45) is -0.295. The lowest BCUT2D eigenvalue weighted by molar-refractivity contribution is -0.209. The molecule has 0 bridgehead atoms. The van der Waals surface area contributed by atoms with Crippen LogP contribution in [0.4, 0.5) is 0 Å². The predicted octanol–water partition coefficient (Wildman–Crippen LogP) is 0.643. The van der Waals surface area contributed by atoms with Crippen LogP contribution in [0, 0.1) is 5.41 Å². The van der Waals surface area contributed by atoms with Gasteiger partial charge in [-0.15, -0.1) is 24.9 Å². The average Bonchev–Trinajstić information content (AvgIpc) is 2.43. The van der Waals surface area contributed by atoms with Crippen molar-refractivity contribution in [2.45, 2.75) is 56.2 Å². The minimum Gasteiger partial charge on any atom is -0.388 e. The zero-order valence-corrected chi connectivity index (χ0v) is 13.5. The van der Waals surface area contributed by atoms with Crippen molar-refractivity contribution >= 4 is 11.8 Å². The van der Waals surface area contributed by atoms with Gasteiger partial charge in [0.1, 0.15) is 29.9 Å². The minimum absolute atomic E-state index is 0.344. The molecule has 5 unspecified atom stereocenters. The van der Waals surface area contributed by atoms with Gasteiger partial charge in [0.25, 0.3) is 0 Å². The third-order valence-electron chi connectivity index (χ3n) is 3.91. The van der Waals surface area contributed by atoms with E-state index in [1.165, 1.54) is 11.8 Å². The van der Waals surface area contributed by atoms with Crippen LogP contribution in [0.25, 0.3) is 0 Å². The molecule has 6 heteroatoms. The summed E-state index contributed by atoms with van der Waals surface area (Å²) in [5.74, 6) is 0.572. The molecule has 1 aliphatic heterocycles. The first-order valence-corrected chi connectivity index (χ1v) is 8.09. The van der Waals surface area contributed by atoms with Crippen LogP contribution in [0.15, 0.2) is 25.3 Å². The van der Waals surface area contributed by atoms with Crippen LogP contribution in [0.5, 0.6) is 0 Å². The Balaban J connectivity index is 2.88. The van der Waals surface area contributed by atoms with Gasteiger partial charge in [-0.3, -0.25) is 0 Å². The number of allylic oxidation sites excluding steroid dienone is 1. The number of rotatable bonds is 7. The largest absolute Gasteiger partial charge is 0.388 e. The van der Waals surface area contributed by atoms with E-state index >= 15 is 0 Å². The van der Waals surface area contributed by atoms with Crippen molar-refractivity contribution < 1.29 is 20.1 Å². The van der Waals surface area contributed by atoms with Crippen molar-refractivity contribution in [3.05, 3.63) is 25.3 Å². The number of ether oxygens (including phenoxy) is 1. The van der Waals surface area contributed by atoms with Crippen LogP contribution in [0.1, 0.15) is 20.3 Å². The fourth-order valence-corrected chi connectivity index (χ4v) is 3.31. The first-order valence-electron chi connectivity index (χ1n) is 7.05. The van der Waals surface area contributed by atoms with Crippen LogP contribution in [-0.2, 0) is 4.74 Å². The van der Waals surface area contributed by atoms with Gasteiger partial charge < -0.3 is 25.8 Å². The Labute approximate surface area is 130 Å². The molecule has 6 atom stereocenters. The highest BCUT2D eigenvalue weighted by molar-refractivity contribution is 7.99. The van der Waals surface area contributed by atoms with E-state index in [0.717, 1.165) is 0 Å². The van der Waals surface area contributed by atoms with E-state index in [1.807, 2.05) is 13.8 Å². The summed E-state index contributed by atoms with van der Waals surface area (Å²) >= 11 is 1.32. The maximum absolute atomic E-state index is 10.2. The van der Waals surface area contributed by atoms with Gasteiger partial charge in [0, 0.05) is 11.8 Å². The molecule has 0 saturated carbocycles. The third kappa shape index (κ3) is 4.31. The van der Waals surface area contributed by atoms with Gasteiger partial charge in [-0.2, -0.15) is 0 Å². The number of aliphatic hydroxyl groups is 3. The lowest BCUT2D eigenvalue weighted by Crippen LogP contribution is -2.64. The van der Waals surface area contributed by atoms with E-state index in [4.69, 9.17) is 10.5 Å². The summed E-state index contributed by atoms with van der Waals surface area (Å²) in [6.45, 7) is 11.2. The second-order valence-electron chi connectivity index (χ2n) is 6.07. The van der Waals surface area contributed by atoms with Gasteiger partial charge in [0.05, 0.1) is 0 Å². The van der Waals surface area contributed by atoms with E-state index < -0.39 is 35.9 Å². The summed E-state index contributed by atoms with van der Waals surface area (Å²) in [5, 5.41) is 30.2. The molecule has 1 aliphatic rings. The number of aliphatic hydroxyl groups excluding tert-OH is 3. The van der Waals surface area contributed by atoms with Gasteiger partial charge >= 0.3 is 0 Å². The Kier molecular flexibility index (Phi) is 6.90. The Morgan fingerprint density at radius 2 is 1.81 bits per heavy atom. The lowest BCUT2D eigenvalue weighted by Gasteiger charge is -2.46. The quantitative estimate of drug-likeness (QED) is 0.515. The molecule has 1 saturated heterocycles. The number of nitrogens with two attached hydrogens (primary N) is 1. The van der Waals surface area contributed by atoms with E-state index in [-0.39, 0.29) is 5.41 Å². The second-order valence-corrected chi connectivity index (χ2v) is 7.20. The first kappa shape index (κ1) is 18.7. The van der Waals surface area contributed by atoms with Crippen LogP contribution in [0.3, 0.4) is 0 Å². The second kappa shape index (κ2) is 7.76. The third-order valence-corrected chi connectivity index (χ3v) is 5.06. The highest BCUT2D eigenvalue weighted by Gasteiger charge is 2.48. The van der Waals surface area contributed by atoms with Crippen LogP contribution >= 0.6 is 11.8 Å². The summed E-state index contributed by atoms with van der Waals surface area (Å²) in [4.78, 5) is 0. The van der Waals surface area contributed by atoms with Crippen molar-refractivity contribution in [2.75, 3.05) is 5.75 Å². The van der Waals surface area contributed by atoms with Gasteiger partial charge in [0.2, 0.25) is 0 Å². The lowest BCUT2D eigenvalue weighted by atomic mass is 9.76. The average molecular weight is 317 g/mol. The summed E-state index contributed by atoms with van der Waals surface area (Å²) in [6, 6.07) is -0.500. The molecule has 1 fully saturated rings. The molecule has 0 aliphatic carbocycles. The Morgan fingerprint density at radius 3 is 2.33 bits per heavy atom. The molecule has 122 valence electrons. The summed E-state index contributed by atoms with van der Waals surface area (Å²) in [5.41, 5.74) is 5.26. The fraction of sp³-hybridized carbons (Fsp3) is 0.733. The van der Waals surface area contributed by atoms with E-state index in [2.05, 4.69) is 13.2 Å². The highest BCUT2D eigenvalue weighted by Crippen LogP contribution is 2.35. The predicted molar refractivity (Wildman–Crippen MR) is 85.9 cm³/mol. The maximum Gasteiger partial charge on any atom is 0.132 e. The van der Waals surface area contributed by atoms with E-state index in [0.29, 0.717) is 12.2 Å². The molecule has 0 amide bonds. The normalized spacial score (nSPS) is 35.2. The van der Waals surface area contributed by atoms with Gasteiger partial charge in [-0.1, -0.05) is 26.0 Å². The molecular formula is C15H27NO4S. The molecule has 1 heterocycles. The monoisotopic (exact) mass is 317 g/mol. The molecule has 0 aromatic rings. The van der Waals surface area contributed by atoms with Crippen LogP contribution < -0.4 is 5.73 Å². The molecule has 0 radical (unpaired) electrons. The van der Waals surface area contributed by atoms with Crippen LogP contribution in [0.2, 0.25) is 0 Å². The molecule has 21 heavy (non-hydrogen) atoms. The summed E-state index contributed by atoms with van der Waals surface area (Å²) in [7, 11) is 0. The topological polar surface area (TPSA) is 95.9 Å². The first-order chi connectivity index (χ1) is 9.76. The Hall–Kier alpha value is -0.370. The van der Waals surface area contributed by atoms with Crippen molar-refractivity contribution in [1.29, 1.82) is 0 Å². The SMILES string of the molecule is C=CCSC1OC([C@H](N)C(C)(C)CC=C)C(O)C(O)C1O. The Bertz CT molecular complexity index is 364. The zero-order chi connectivity index (χ0) is 16.2. The van der Waals surface area contributed by atoms with Crippen molar-refractivity contribution in [3.8, 4) is 0 Å². The fourth-order valence-electron chi connectivity index (χ4n) is 2.42. The molecule has 0 aromatic heterocycles. The standard InChI is InChI=1S/C15H27NO4S/c1-5-7-15(3,4)13(16)12-10(18)9(17)11(19)14(20-12)21-8-6-2/h5-6,9-14,17-19H,1-2,7-8,16H2,3-4H3/t9?,10?,11?,12?,13-,14?/m0/s1. The molecule has 1 rings (SSSR count). The zero-order valence-electron chi connectivity index (χ0n) is 12.7. The summed E-state index contributed by atoms with van der Waals surface area (Å²) < 4.78 is 5.77. The van der Waals surface area contributed by atoms with E-state index in [1.54, 1.807) is 12.2 Å². The number of hydrogen-bond acceptors (Lipinski definition) is 6.